The number of nitrogens with two attached hydrogens (primary N) is 1. The Labute approximate surface area is 95.9 Å². The molecule has 0 bridgehead atoms. The number of rotatable bonds is 5. The molecule has 0 unspecified atom stereocenters. The molecule has 1 aromatic rings. The number of nitrogen functional groups attached to an aromatic ring is 1. The molecule has 0 saturated carbocycles. The van der Waals surface area contributed by atoms with E-state index in [0.29, 0.717) is 11.3 Å². The van der Waals surface area contributed by atoms with E-state index in [1.54, 1.807) is 24.3 Å². The van der Waals surface area contributed by atoms with E-state index in [2.05, 4.69) is 6.92 Å². The number of carbonyl (C=O) groups is 1. The third-order valence-corrected chi connectivity index (χ3v) is 2.18. The Morgan fingerprint density at radius 1 is 1.44 bits per heavy atom. The van der Waals surface area contributed by atoms with Crippen LogP contribution in [0, 0.1) is 0 Å². The highest BCUT2D eigenvalue weighted by Crippen LogP contribution is 2.11. The van der Waals surface area contributed by atoms with E-state index in [1.807, 2.05) is 6.08 Å². The van der Waals surface area contributed by atoms with Crippen molar-refractivity contribution in [3.63, 3.8) is 0 Å². The maximum absolute atomic E-state index is 11.5. The summed E-state index contributed by atoms with van der Waals surface area (Å²) in [4.78, 5) is 11.5. The third-order valence-electron chi connectivity index (χ3n) is 2.18. The van der Waals surface area contributed by atoms with Crippen LogP contribution in [0.3, 0.4) is 0 Å². The number of esters is 1. The molecule has 0 spiro atoms. The molecule has 0 fully saturated rings. The van der Waals surface area contributed by atoms with Crippen LogP contribution in [0.1, 0.15) is 36.5 Å². The minimum atomic E-state index is -0.411. The SMILES string of the molecule is CCCCC=COC(=O)c1ccccc1N. The van der Waals surface area contributed by atoms with E-state index in [0.717, 1.165) is 19.3 Å². The number of ether oxygens (including phenoxy) is 1. The molecule has 3 nitrogen and oxygen atoms in total. The average molecular weight is 219 g/mol. The molecule has 0 aromatic heterocycles. The van der Waals surface area contributed by atoms with Crippen molar-refractivity contribution >= 4 is 11.7 Å². The second-order valence-electron chi connectivity index (χ2n) is 3.51. The number of allylic oxidation sites excluding steroid dienone is 1. The Bertz CT molecular complexity index is 372. The Hall–Kier alpha value is -1.77. The van der Waals surface area contributed by atoms with E-state index in [1.165, 1.54) is 6.26 Å². The predicted octanol–water partition coefficient (Wildman–Crippen LogP) is 3.13. The highest BCUT2D eigenvalue weighted by atomic mass is 16.5. The fourth-order valence-corrected chi connectivity index (χ4v) is 1.25. The summed E-state index contributed by atoms with van der Waals surface area (Å²) in [5, 5.41) is 0. The van der Waals surface area contributed by atoms with Gasteiger partial charge in [-0.3, -0.25) is 0 Å². The van der Waals surface area contributed by atoms with E-state index < -0.39 is 5.97 Å². The number of unbranched alkanes of at least 4 members (excludes halogenated alkanes) is 2. The lowest BCUT2D eigenvalue weighted by molar-refractivity contribution is 0.0663. The minimum Gasteiger partial charge on any atom is -0.431 e. The van der Waals surface area contributed by atoms with Crippen LogP contribution >= 0.6 is 0 Å². The first-order valence-electron chi connectivity index (χ1n) is 5.46. The molecule has 0 atom stereocenters. The van der Waals surface area contributed by atoms with E-state index >= 15 is 0 Å². The van der Waals surface area contributed by atoms with Crippen LogP contribution in [0.5, 0.6) is 0 Å². The Balaban J connectivity index is 2.47. The molecule has 3 heteroatoms. The van der Waals surface area contributed by atoms with Gasteiger partial charge in [-0.25, -0.2) is 4.79 Å². The molecule has 0 aliphatic heterocycles. The molecule has 1 rings (SSSR count). The number of para-hydroxylation sites is 1. The molecule has 16 heavy (non-hydrogen) atoms. The molecule has 0 aliphatic rings. The fraction of sp³-hybridized carbons (Fsp3) is 0.308. The van der Waals surface area contributed by atoms with Gasteiger partial charge in [-0.05, 0) is 31.1 Å². The number of anilines is 1. The van der Waals surface area contributed by atoms with Gasteiger partial charge in [-0.1, -0.05) is 25.5 Å². The lowest BCUT2D eigenvalue weighted by Gasteiger charge is -2.02. The van der Waals surface area contributed by atoms with Crippen LogP contribution in [0.25, 0.3) is 0 Å². The largest absolute Gasteiger partial charge is 0.431 e. The van der Waals surface area contributed by atoms with Crippen molar-refractivity contribution in [1.82, 2.24) is 0 Å². The molecule has 86 valence electrons. The number of hydrogen-bond acceptors (Lipinski definition) is 3. The minimum absolute atomic E-state index is 0.405. The summed E-state index contributed by atoms with van der Waals surface area (Å²) in [5.41, 5.74) is 6.49. The van der Waals surface area contributed by atoms with Gasteiger partial charge in [-0.2, -0.15) is 0 Å². The van der Waals surface area contributed by atoms with Gasteiger partial charge < -0.3 is 10.5 Å². The highest BCUT2D eigenvalue weighted by molar-refractivity contribution is 5.95. The first-order chi connectivity index (χ1) is 7.75. The van der Waals surface area contributed by atoms with Crippen LogP contribution in [-0.2, 0) is 4.74 Å². The zero-order valence-corrected chi connectivity index (χ0v) is 9.48. The average Bonchev–Trinajstić information content (AvgIpc) is 2.29. The second-order valence-corrected chi connectivity index (χ2v) is 3.51. The zero-order chi connectivity index (χ0) is 11.8. The summed E-state index contributed by atoms with van der Waals surface area (Å²) < 4.78 is 4.96. The quantitative estimate of drug-likeness (QED) is 0.358. The molecule has 2 N–H and O–H groups in total. The molecular formula is C13H17NO2. The van der Waals surface area contributed by atoms with Crippen molar-refractivity contribution < 1.29 is 9.53 Å². The normalized spacial score (nSPS) is 10.6. The zero-order valence-electron chi connectivity index (χ0n) is 9.48. The first kappa shape index (κ1) is 12.3. The van der Waals surface area contributed by atoms with Gasteiger partial charge in [0.25, 0.3) is 0 Å². The Morgan fingerprint density at radius 2 is 2.19 bits per heavy atom. The van der Waals surface area contributed by atoms with Crippen LogP contribution in [0.15, 0.2) is 36.6 Å². The maximum atomic E-state index is 11.5. The molecule has 0 aliphatic carbocycles. The Morgan fingerprint density at radius 3 is 2.88 bits per heavy atom. The fourth-order valence-electron chi connectivity index (χ4n) is 1.25. The summed E-state index contributed by atoms with van der Waals surface area (Å²) >= 11 is 0. The Kier molecular flexibility index (Phi) is 5.12. The topological polar surface area (TPSA) is 52.3 Å². The smallest absolute Gasteiger partial charge is 0.345 e. The first-order valence-corrected chi connectivity index (χ1v) is 5.46. The molecule has 0 saturated heterocycles. The van der Waals surface area contributed by atoms with E-state index in [4.69, 9.17) is 10.5 Å². The van der Waals surface area contributed by atoms with Gasteiger partial charge in [0.05, 0.1) is 11.8 Å². The highest BCUT2D eigenvalue weighted by Gasteiger charge is 2.08. The van der Waals surface area contributed by atoms with Crippen LogP contribution in [0.2, 0.25) is 0 Å². The third kappa shape index (κ3) is 3.77. The van der Waals surface area contributed by atoms with Crippen LogP contribution in [0.4, 0.5) is 5.69 Å². The summed E-state index contributed by atoms with van der Waals surface area (Å²) in [6, 6.07) is 6.87. The van der Waals surface area contributed by atoms with Crippen molar-refractivity contribution in [2.75, 3.05) is 5.73 Å². The summed E-state index contributed by atoms with van der Waals surface area (Å²) in [5.74, 6) is -0.411. The molecular weight excluding hydrogens is 202 g/mol. The lowest BCUT2D eigenvalue weighted by atomic mass is 10.2. The van der Waals surface area contributed by atoms with E-state index in [9.17, 15) is 4.79 Å². The molecule has 1 aromatic carbocycles. The maximum Gasteiger partial charge on any atom is 0.345 e. The molecule has 0 heterocycles. The predicted molar refractivity (Wildman–Crippen MR) is 64.9 cm³/mol. The van der Waals surface area contributed by atoms with E-state index in [-0.39, 0.29) is 0 Å². The summed E-state index contributed by atoms with van der Waals surface area (Å²) in [7, 11) is 0. The number of hydrogen-bond donors (Lipinski definition) is 1. The number of benzene rings is 1. The van der Waals surface area contributed by atoms with Crippen LogP contribution in [-0.4, -0.2) is 5.97 Å². The summed E-state index contributed by atoms with van der Waals surface area (Å²) in [6.07, 6.45) is 6.43. The monoisotopic (exact) mass is 219 g/mol. The molecule has 0 amide bonds. The van der Waals surface area contributed by atoms with Gasteiger partial charge in [0, 0.05) is 5.69 Å². The van der Waals surface area contributed by atoms with Crippen molar-refractivity contribution in [2.24, 2.45) is 0 Å². The van der Waals surface area contributed by atoms with Gasteiger partial charge in [0.1, 0.15) is 0 Å². The molecule has 0 radical (unpaired) electrons. The summed E-state index contributed by atoms with van der Waals surface area (Å²) in [6.45, 7) is 2.12. The van der Waals surface area contributed by atoms with Gasteiger partial charge in [0.2, 0.25) is 0 Å². The van der Waals surface area contributed by atoms with Crippen molar-refractivity contribution in [2.45, 2.75) is 26.2 Å². The van der Waals surface area contributed by atoms with Crippen molar-refractivity contribution in [3.05, 3.63) is 42.2 Å². The standard InChI is InChI=1S/C13H17NO2/c1-2-3-4-7-10-16-13(15)11-8-5-6-9-12(11)14/h5-10H,2-4,14H2,1H3. The van der Waals surface area contributed by atoms with Gasteiger partial charge in [-0.15, -0.1) is 0 Å². The number of carbonyl (C=O) groups excluding carboxylic acids is 1. The van der Waals surface area contributed by atoms with Crippen molar-refractivity contribution in [1.29, 1.82) is 0 Å². The van der Waals surface area contributed by atoms with Gasteiger partial charge in [0.15, 0.2) is 0 Å². The van der Waals surface area contributed by atoms with Gasteiger partial charge >= 0.3 is 5.97 Å². The second kappa shape index (κ2) is 6.67. The lowest BCUT2D eigenvalue weighted by Crippen LogP contribution is -2.04. The van der Waals surface area contributed by atoms with Crippen LogP contribution < -0.4 is 5.73 Å². The van der Waals surface area contributed by atoms with Crippen molar-refractivity contribution in [3.8, 4) is 0 Å².